The zero-order valence-corrected chi connectivity index (χ0v) is 28.8. The largest absolute Gasteiger partial charge is 0.481 e. The second-order valence-electron chi connectivity index (χ2n) is 14.7. The highest BCUT2D eigenvalue weighted by Crippen LogP contribution is 2.45. The van der Waals surface area contributed by atoms with Crippen molar-refractivity contribution in [2.45, 2.75) is 213 Å². The Morgan fingerprint density at radius 2 is 0.976 bits per heavy atom. The van der Waals surface area contributed by atoms with Gasteiger partial charge in [-0.1, -0.05) is 149 Å². The van der Waals surface area contributed by atoms with Gasteiger partial charge in [-0.25, -0.2) is 0 Å². The topological polar surface area (TPSA) is 49.8 Å². The predicted molar refractivity (Wildman–Crippen MR) is 177 cm³/mol. The Hall–Kier alpha value is -0.610. The van der Waals surface area contributed by atoms with E-state index in [0.29, 0.717) is 0 Å². The van der Waals surface area contributed by atoms with Gasteiger partial charge in [-0.2, -0.15) is 5.06 Å². The van der Waals surface area contributed by atoms with Crippen LogP contribution in [0.15, 0.2) is 0 Å². The van der Waals surface area contributed by atoms with Gasteiger partial charge in [-0.3, -0.25) is 9.63 Å². The number of hydrogen-bond acceptors (Lipinski definition) is 3. The summed E-state index contributed by atoms with van der Waals surface area (Å²) < 4.78 is 0. The van der Waals surface area contributed by atoms with E-state index in [1.54, 1.807) is 0 Å². The number of carbonyl (C=O) groups is 1. The van der Waals surface area contributed by atoms with Crippen LogP contribution < -0.4 is 0 Å². The summed E-state index contributed by atoms with van der Waals surface area (Å²) in [4.78, 5) is 18.7. The Labute approximate surface area is 257 Å². The summed E-state index contributed by atoms with van der Waals surface area (Å²) in [5, 5.41) is 12.4. The highest BCUT2D eigenvalue weighted by atomic mass is 16.7. The van der Waals surface area contributed by atoms with Gasteiger partial charge < -0.3 is 5.11 Å². The van der Waals surface area contributed by atoms with Crippen LogP contribution in [-0.4, -0.2) is 33.8 Å². The molecule has 0 aromatic carbocycles. The molecule has 0 bridgehead atoms. The molecule has 4 nitrogen and oxygen atoms in total. The molecule has 0 amide bonds. The minimum atomic E-state index is -0.595. The maximum Gasteiger partial charge on any atom is 0.306 e. The number of hydrogen-bond donors (Lipinski definition) is 1. The summed E-state index contributed by atoms with van der Waals surface area (Å²) >= 11 is 0. The molecule has 4 heteroatoms. The first-order valence-corrected chi connectivity index (χ1v) is 18.3. The lowest BCUT2D eigenvalue weighted by molar-refractivity contribution is -0.290. The van der Waals surface area contributed by atoms with Gasteiger partial charge >= 0.3 is 5.97 Å². The van der Waals surface area contributed by atoms with Crippen molar-refractivity contribution in [1.29, 1.82) is 0 Å². The van der Waals surface area contributed by atoms with E-state index < -0.39 is 5.97 Å². The molecule has 1 N–H and O–H groups in total. The predicted octanol–water partition coefficient (Wildman–Crippen LogP) is 11.9. The quantitative estimate of drug-likeness (QED) is 0.0983. The van der Waals surface area contributed by atoms with E-state index >= 15 is 0 Å². The van der Waals surface area contributed by atoms with E-state index in [1.165, 1.54) is 128 Å². The first-order chi connectivity index (χ1) is 19.7. The van der Waals surface area contributed by atoms with Crippen molar-refractivity contribution in [2.24, 2.45) is 11.8 Å². The molecule has 1 aliphatic heterocycles. The minimum absolute atomic E-state index is 0.154. The molecule has 0 aromatic heterocycles. The minimum Gasteiger partial charge on any atom is -0.481 e. The number of hydroxylamine groups is 2. The standard InChI is InChI=1S/C37H73NO3/c1-7-9-11-13-14-15-16-17-18-19-20-21-22-23-24-25-26-27-29-34(35(39)40)33-31-36(3,4)38(37(5,6)32-33)41-30-28-12-10-8-2/h33-34H,7-32H2,1-6H3,(H,39,40). The lowest BCUT2D eigenvalue weighted by Gasteiger charge is -2.54. The normalized spacial score (nSPS) is 18.1. The van der Waals surface area contributed by atoms with Crippen LogP contribution in [0, 0.1) is 11.8 Å². The smallest absolute Gasteiger partial charge is 0.306 e. The van der Waals surface area contributed by atoms with E-state index in [4.69, 9.17) is 4.84 Å². The number of carboxylic acid groups (broad SMARTS) is 1. The third-order valence-corrected chi connectivity index (χ3v) is 9.60. The molecule has 1 aliphatic rings. The van der Waals surface area contributed by atoms with Crippen molar-refractivity contribution < 1.29 is 14.7 Å². The van der Waals surface area contributed by atoms with Crippen molar-refractivity contribution >= 4 is 5.97 Å². The van der Waals surface area contributed by atoms with Crippen LogP contribution in [0.5, 0.6) is 0 Å². The molecule has 1 unspecified atom stereocenters. The highest BCUT2D eigenvalue weighted by molar-refractivity contribution is 5.70. The maximum atomic E-state index is 12.3. The molecular formula is C37H73NO3. The van der Waals surface area contributed by atoms with Crippen LogP contribution >= 0.6 is 0 Å². The molecule has 0 saturated carbocycles. The number of unbranched alkanes of at least 4 members (excludes halogenated alkanes) is 20. The summed E-state index contributed by atoms with van der Waals surface area (Å²) in [6, 6.07) is 0. The summed E-state index contributed by atoms with van der Waals surface area (Å²) in [5.41, 5.74) is -0.308. The number of nitrogens with zero attached hydrogens (tertiary/aromatic N) is 1. The fourth-order valence-corrected chi connectivity index (χ4v) is 7.49. The maximum absolute atomic E-state index is 12.3. The zero-order valence-electron chi connectivity index (χ0n) is 28.8. The van der Waals surface area contributed by atoms with Gasteiger partial charge in [0.05, 0.1) is 12.5 Å². The third kappa shape index (κ3) is 17.3. The molecular weight excluding hydrogens is 506 g/mol. The second kappa shape index (κ2) is 22.9. The van der Waals surface area contributed by atoms with Crippen molar-refractivity contribution in [3.05, 3.63) is 0 Å². The zero-order chi connectivity index (χ0) is 30.4. The summed E-state index contributed by atoms with van der Waals surface area (Å²) in [7, 11) is 0. The summed E-state index contributed by atoms with van der Waals surface area (Å²) in [5.74, 6) is -0.618. The molecule has 0 radical (unpaired) electrons. The average molecular weight is 580 g/mol. The Morgan fingerprint density at radius 3 is 1.34 bits per heavy atom. The fraction of sp³-hybridized carbons (Fsp3) is 0.973. The molecule has 41 heavy (non-hydrogen) atoms. The van der Waals surface area contributed by atoms with Crippen molar-refractivity contribution in [3.8, 4) is 0 Å². The van der Waals surface area contributed by atoms with Gasteiger partial charge in [0.15, 0.2) is 0 Å². The summed E-state index contributed by atoms with van der Waals surface area (Å²) in [6.07, 6.45) is 32.0. The molecule has 0 spiro atoms. The van der Waals surface area contributed by atoms with Gasteiger partial charge in [0, 0.05) is 11.1 Å². The molecule has 1 atom stereocenters. The third-order valence-electron chi connectivity index (χ3n) is 9.60. The van der Waals surface area contributed by atoms with E-state index in [-0.39, 0.29) is 22.9 Å². The lowest BCUT2D eigenvalue weighted by atomic mass is 9.69. The van der Waals surface area contributed by atoms with Crippen LogP contribution in [0.1, 0.15) is 202 Å². The molecule has 1 fully saturated rings. The Morgan fingerprint density at radius 1 is 0.634 bits per heavy atom. The summed E-state index contributed by atoms with van der Waals surface area (Å²) in [6.45, 7) is 14.2. The van der Waals surface area contributed by atoms with Gasteiger partial charge in [0.2, 0.25) is 0 Å². The van der Waals surface area contributed by atoms with Crippen LogP contribution in [0.2, 0.25) is 0 Å². The number of aliphatic carboxylic acids is 1. The van der Waals surface area contributed by atoms with E-state index in [1.807, 2.05) is 0 Å². The van der Waals surface area contributed by atoms with Crippen LogP contribution in [0.25, 0.3) is 0 Å². The van der Waals surface area contributed by atoms with Gasteiger partial charge in [-0.15, -0.1) is 0 Å². The van der Waals surface area contributed by atoms with Gasteiger partial charge in [0.25, 0.3) is 0 Å². The SMILES string of the molecule is CCCCCCCCCCCCCCCCCCCCC(C(=O)O)C1CC(C)(C)N(OCCCCCC)C(C)(C)C1. The highest BCUT2D eigenvalue weighted by Gasteiger charge is 2.49. The molecule has 244 valence electrons. The molecule has 1 saturated heterocycles. The van der Waals surface area contributed by atoms with E-state index in [2.05, 4.69) is 46.6 Å². The monoisotopic (exact) mass is 580 g/mol. The molecule has 0 aliphatic carbocycles. The van der Waals surface area contributed by atoms with Gasteiger partial charge in [-0.05, 0) is 59.3 Å². The number of piperidine rings is 1. The van der Waals surface area contributed by atoms with Crippen LogP contribution in [0.3, 0.4) is 0 Å². The van der Waals surface area contributed by atoms with Crippen LogP contribution in [0.4, 0.5) is 0 Å². The second-order valence-corrected chi connectivity index (χ2v) is 14.7. The van der Waals surface area contributed by atoms with E-state index in [0.717, 1.165) is 38.7 Å². The molecule has 0 aromatic rings. The Bertz CT molecular complexity index is 614. The average Bonchev–Trinajstić information content (AvgIpc) is 2.90. The van der Waals surface area contributed by atoms with Gasteiger partial charge in [0.1, 0.15) is 0 Å². The molecule has 1 heterocycles. The molecule has 1 rings (SSSR count). The Kier molecular flexibility index (Phi) is 21.4. The van der Waals surface area contributed by atoms with Crippen LogP contribution in [-0.2, 0) is 9.63 Å². The Balaban J connectivity index is 2.18. The van der Waals surface area contributed by atoms with Crippen molar-refractivity contribution in [3.63, 3.8) is 0 Å². The van der Waals surface area contributed by atoms with Crippen molar-refractivity contribution in [1.82, 2.24) is 5.06 Å². The lowest BCUT2D eigenvalue weighted by Crippen LogP contribution is -2.61. The fourth-order valence-electron chi connectivity index (χ4n) is 7.49. The first kappa shape index (κ1) is 38.4. The van der Waals surface area contributed by atoms with E-state index in [9.17, 15) is 9.90 Å². The number of rotatable bonds is 27. The number of carboxylic acids is 1. The first-order valence-electron chi connectivity index (χ1n) is 18.3. The van der Waals surface area contributed by atoms with Crippen molar-refractivity contribution in [2.75, 3.05) is 6.61 Å².